The Morgan fingerprint density at radius 2 is 1.83 bits per heavy atom. The van der Waals surface area contributed by atoms with Crippen molar-refractivity contribution in [2.24, 2.45) is 17.8 Å². The number of rotatable bonds is 6. The summed E-state index contributed by atoms with van der Waals surface area (Å²) in [4.78, 5) is 0. The summed E-state index contributed by atoms with van der Waals surface area (Å²) in [6.07, 6.45) is 8.90. The minimum Gasteiger partial charge on any atom is -0.0651 e. The van der Waals surface area contributed by atoms with E-state index in [-0.39, 0.29) is 0 Å². The topological polar surface area (TPSA) is 0 Å². The van der Waals surface area contributed by atoms with Crippen molar-refractivity contribution >= 4 is 0 Å². The molecule has 0 aromatic heterocycles. The van der Waals surface area contributed by atoms with Gasteiger partial charge < -0.3 is 0 Å². The first-order valence-electron chi connectivity index (χ1n) is 5.72. The highest BCUT2D eigenvalue weighted by Gasteiger charge is 2.24. The molecule has 0 radical (unpaired) electrons. The minimum atomic E-state index is 0.901. The van der Waals surface area contributed by atoms with Gasteiger partial charge in [0, 0.05) is 0 Å². The normalized spacial score (nSPS) is 20.0. The molecule has 0 bridgehead atoms. The molecule has 0 saturated heterocycles. The SMILES string of the molecule is CCC(CCC(C)C)CC1CC1. The monoisotopic (exact) mass is 168 g/mol. The van der Waals surface area contributed by atoms with Gasteiger partial charge in [-0.1, -0.05) is 52.9 Å². The average Bonchev–Trinajstić information content (AvgIpc) is 2.81. The van der Waals surface area contributed by atoms with E-state index in [9.17, 15) is 0 Å². The summed E-state index contributed by atoms with van der Waals surface area (Å²) in [5.41, 5.74) is 0. The summed E-state index contributed by atoms with van der Waals surface area (Å²) < 4.78 is 0. The molecule has 0 aromatic carbocycles. The zero-order valence-electron chi connectivity index (χ0n) is 8.97. The van der Waals surface area contributed by atoms with E-state index in [0.717, 1.165) is 17.8 Å². The Balaban J connectivity index is 2.06. The van der Waals surface area contributed by atoms with Crippen molar-refractivity contribution < 1.29 is 0 Å². The van der Waals surface area contributed by atoms with E-state index in [1.165, 1.54) is 38.5 Å². The average molecular weight is 168 g/mol. The lowest BCUT2D eigenvalue weighted by molar-refractivity contribution is 0.374. The van der Waals surface area contributed by atoms with E-state index in [0.29, 0.717) is 0 Å². The fraction of sp³-hybridized carbons (Fsp3) is 1.00. The van der Waals surface area contributed by atoms with Crippen LogP contribution in [0.4, 0.5) is 0 Å². The molecule has 1 aliphatic carbocycles. The lowest BCUT2D eigenvalue weighted by atomic mass is 9.91. The van der Waals surface area contributed by atoms with Gasteiger partial charge in [0.15, 0.2) is 0 Å². The van der Waals surface area contributed by atoms with E-state index < -0.39 is 0 Å². The van der Waals surface area contributed by atoms with Gasteiger partial charge in [0.25, 0.3) is 0 Å². The van der Waals surface area contributed by atoms with Crippen molar-refractivity contribution in [1.82, 2.24) is 0 Å². The van der Waals surface area contributed by atoms with Crippen LogP contribution in [0, 0.1) is 17.8 Å². The summed E-state index contributed by atoms with van der Waals surface area (Å²) >= 11 is 0. The van der Waals surface area contributed by atoms with Gasteiger partial charge in [0.1, 0.15) is 0 Å². The summed E-state index contributed by atoms with van der Waals surface area (Å²) in [5.74, 6) is 3.07. The molecule has 0 aromatic rings. The zero-order valence-corrected chi connectivity index (χ0v) is 8.97. The Labute approximate surface area is 77.7 Å². The van der Waals surface area contributed by atoms with Gasteiger partial charge in [0.2, 0.25) is 0 Å². The third kappa shape index (κ3) is 4.13. The molecule has 1 saturated carbocycles. The van der Waals surface area contributed by atoms with E-state index in [2.05, 4.69) is 20.8 Å². The van der Waals surface area contributed by atoms with Gasteiger partial charge >= 0.3 is 0 Å². The second-order valence-electron chi connectivity index (χ2n) is 4.92. The largest absolute Gasteiger partial charge is 0.0651 e. The predicted octanol–water partition coefficient (Wildman–Crippen LogP) is 4.25. The molecule has 1 unspecified atom stereocenters. The first-order valence-corrected chi connectivity index (χ1v) is 5.72. The molecule has 72 valence electrons. The van der Waals surface area contributed by atoms with Crippen LogP contribution in [0.1, 0.15) is 59.3 Å². The van der Waals surface area contributed by atoms with Crippen molar-refractivity contribution in [3.63, 3.8) is 0 Å². The second-order valence-corrected chi connectivity index (χ2v) is 4.92. The zero-order chi connectivity index (χ0) is 8.97. The molecule has 12 heavy (non-hydrogen) atoms. The maximum absolute atomic E-state index is 2.35. The Morgan fingerprint density at radius 1 is 1.17 bits per heavy atom. The van der Waals surface area contributed by atoms with Crippen LogP contribution in [0.15, 0.2) is 0 Å². The molecule has 0 N–H and O–H groups in total. The highest BCUT2D eigenvalue weighted by atomic mass is 14.3. The van der Waals surface area contributed by atoms with Gasteiger partial charge in [0.05, 0.1) is 0 Å². The second kappa shape index (κ2) is 4.89. The summed E-state index contributed by atoms with van der Waals surface area (Å²) in [5, 5.41) is 0. The standard InChI is InChI=1S/C12H24/c1-4-11(6-5-10(2)3)9-12-7-8-12/h10-12H,4-9H2,1-3H3. The van der Waals surface area contributed by atoms with Crippen LogP contribution in [0.5, 0.6) is 0 Å². The quantitative estimate of drug-likeness (QED) is 0.556. The van der Waals surface area contributed by atoms with Crippen LogP contribution in [-0.4, -0.2) is 0 Å². The number of hydrogen-bond donors (Lipinski definition) is 0. The molecule has 0 spiro atoms. The van der Waals surface area contributed by atoms with Crippen LogP contribution < -0.4 is 0 Å². The van der Waals surface area contributed by atoms with E-state index in [1.54, 1.807) is 0 Å². The highest BCUT2D eigenvalue weighted by Crippen LogP contribution is 2.37. The van der Waals surface area contributed by atoms with Crippen LogP contribution >= 0.6 is 0 Å². The van der Waals surface area contributed by atoms with Crippen LogP contribution in [0.2, 0.25) is 0 Å². The molecule has 1 rings (SSSR count). The van der Waals surface area contributed by atoms with E-state index in [4.69, 9.17) is 0 Å². The first-order chi connectivity index (χ1) is 5.72. The Bertz CT molecular complexity index is 111. The van der Waals surface area contributed by atoms with Gasteiger partial charge in [-0.2, -0.15) is 0 Å². The maximum Gasteiger partial charge on any atom is -0.0411 e. The van der Waals surface area contributed by atoms with E-state index in [1.807, 2.05) is 0 Å². The maximum atomic E-state index is 2.35. The van der Waals surface area contributed by atoms with Gasteiger partial charge in [-0.15, -0.1) is 0 Å². The fourth-order valence-corrected chi connectivity index (χ4v) is 1.88. The molecule has 0 heterocycles. The molecule has 0 heteroatoms. The third-order valence-corrected chi connectivity index (χ3v) is 3.09. The predicted molar refractivity (Wildman–Crippen MR) is 55.2 cm³/mol. The smallest absolute Gasteiger partial charge is 0.0411 e. The van der Waals surface area contributed by atoms with E-state index >= 15 is 0 Å². The molecule has 1 fully saturated rings. The van der Waals surface area contributed by atoms with Crippen molar-refractivity contribution in [3.8, 4) is 0 Å². The third-order valence-electron chi connectivity index (χ3n) is 3.09. The lowest BCUT2D eigenvalue weighted by Gasteiger charge is -2.15. The van der Waals surface area contributed by atoms with Crippen LogP contribution in [-0.2, 0) is 0 Å². The molecule has 0 aliphatic heterocycles. The minimum absolute atomic E-state index is 0.901. The van der Waals surface area contributed by atoms with Crippen LogP contribution in [0.25, 0.3) is 0 Å². The summed E-state index contributed by atoms with van der Waals surface area (Å²) in [7, 11) is 0. The molecule has 0 nitrogen and oxygen atoms in total. The summed E-state index contributed by atoms with van der Waals surface area (Å²) in [6.45, 7) is 7.03. The molecule has 1 aliphatic rings. The summed E-state index contributed by atoms with van der Waals surface area (Å²) in [6, 6.07) is 0. The van der Waals surface area contributed by atoms with Crippen LogP contribution in [0.3, 0.4) is 0 Å². The van der Waals surface area contributed by atoms with Gasteiger partial charge in [-0.05, 0) is 24.2 Å². The first kappa shape index (κ1) is 10.1. The van der Waals surface area contributed by atoms with Crippen molar-refractivity contribution in [2.75, 3.05) is 0 Å². The molecular weight excluding hydrogens is 144 g/mol. The Hall–Kier alpha value is 0. The fourth-order valence-electron chi connectivity index (χ4n) is 1.88. The van der Waals surface area contributed by atoms with Gasteiger partial charge in [-0.25, -0.2) is 0 Å². The van der Waals surface area contributed by atoms with Crippen molar-refractivity contribution in [3.05, 3.63) is 0 Å². The molecule has 1 atom stereocenters. The highest BCUT2D eigenvalue weighted by molar-refractivity contribution is 4.76. The lowest BCUT2D eigenvalue weighted by Crippen LogP contribution is -2.02. The molecular formula is C12H24. The number of hydrogen-bond acceptors (Lipinski definition) is 0. The van der Waals surface area contributed by atoms with Crippen molar-refractivity contribution in [2.45, 2.75) is 59.3 Å². The Kier molecular flexibility index (Phi) is 4.11. The Morgan fingerprint density at radius 3 is 2.25 bits per heavy atom. The van der Waals surface area contributed by atoms with Crippen molar-refractivity contribution in [1.29, 1.82) is 0 Å². The molecule has 0 amide bonds. The van der Waals surface area contributed by atoms with Gasteiger partial charge in [-0.3, -0.25) is 0 Å².